The summed E-state index contributed by atoms with van der Waals surface area (Å²) in [6.07, 6.45) is 2.06. The summed E-state index contributed by atoms with van der Waals surface area (Å²) in [7, 11) is 0. The van der Waals surface area contributed by atoms with Crippen LogP contribution in [0.3, 0.4) is 0 Å². The molecule has 0 radical (unpaired) electrons. The molecular weight excluding hydrogens is 479 g/mol. The summed E-state index contributed by atoms with van der Waals surface area (Å²) in [5.74, 6) is -6.29. The van der Waals surface area contributed by atoms with E-state index in [1.165, 1.54) is 37.3 Å². The van der Waals surface area contributed by atoms with E-state index in [0.29, 0.717) is 18.4 Å². The molecular formula is C28H23F5O3. The lowest BCUT2D eigenvalue weighted by molar-refractivity contribution is 0.0280. The lowest BCUT2D eigenvalue weighted by Gasteiger charge is -2.23. The Balaban J connectivity index is 1.46. The van der Waals surface area contributed by atoms with Gasteiger partial charge in [-0.05, 0) is 67.7 Å². The van der Waals surface area contributed by atoms with Gasteiger partial charge in [-0.15, -0.1) is 0 Å². The van der Waals surface area contributed by atoms with E-state index in [-0.39, 0.29) is 46.6 Å². The molecule has 188 valence electrons. The van der Waals surface area contributed by atoms with Crippen molar-refractivity contribution in [3.63, 3.8) is 0 Å². The van der Waals surface area contributed by atoms with Crippen molar-refractivity contribution in [2.24, 2.45) is 0 Å². The molecule has 3 nitrogen and oxygen atoms in total. The number of halogens is 5. The topological polar surface area (TPSA) is 35.5 Å². The van der Waals surface area contributed by atoms with Gasteiger partial charge in [0.15, 0.2) is 23.2 Å². The summed E-state index contributed by atoms with van der Waals surface area (Å²) in [6.45, 7) is 3.26. The molecule has 0 saturated carbocycles. The van der Waals surface area contributed by atoms with Crippen LogP contribution in [0.4, 0.5) is 22.0 Å². The van der Waals surface area contributed by atoms with Gasteiger partial charge >= 0.3 is 5.97 Å². The third-order valence-corrected chi connectivity index (χ3v) is 6.10. The Hall–Kier alpha value is -3.68. The van der Waals surface area contributed by atoms with Gasteiger partial charge in [-0.2, -0.15) is 4.39 Å². The van der Waals surface area contributed by atoms with Gasteiger partial charge in [0.05, 0.1) is 12.2 Å². The number of benzene rings is 3. The van der Waals surface area contributed by atoms with Gasteiger partial charge in [0, 0.05) is 17.5 Å². The Kier molecular flexibility index (Phi) is 7.43. The summed E-state index contributed by atoms with van der Waals surface area (Å²) in [5.41, 5.74) is 0.497. The van der Waals surface area contributed by atoms with E-state index in [0.717, 1.165) is 12.1 Å². The van der Waals surface area contributed by atoms with Crippen molar-refractivity contribution in [2.45, 2.75) is 39.2 Å². The fourth-order valence-corrected chi connectivity index (χ4v) is 4.14. The molecule has 3 aromatic rings. The number of ether oxygens (including phenoxy) is 2. The molecule has 4 rings (SSSR count). The van der Waals surface area contributed by atoms with Crippen LogP contribution in [0.15, 0.2) is 48.5 Å². The highest BCUT2D eigenvalue weighted by molar-refractivity contribution is 5.90. The lowest BCUT2D eigenvalue weighted by Crippen LogP contribution is -2.21. The van der Waals surface area contributed by atoms with Crippen molar-refractivity contribution >= 4 is 11.5 Å². The number of allylic oxidation sites excluding steroid dienone is 1. The fourth-order valence-electron chi connectivity index (χ4n) is 4.14. The second-order valence-corrected chi connectivity index (χ2v) is 8.46. The Morgan fingerprint density at radius 3 is 2.31 bits per heavy atom. The molecule has 8 heteroatoms. The number of carbonyl (C=O) groups excluding carboxylic acids is 1. The SMILES string of the molecule is CCOc1ccc(-c2ccc(C(=O)OC3CC=C(c4ccc(C)c(F)c4F)CC3)c(F)c2)c(F)c1F. The van der Waals surface area contributed by atoms with E-state index in [1.807, 2.05) is 0 Å². The van der Waals surface area contributed by atoms with Crippen molar-refractivity contribution in [2.75, 3.05) is 6.61 Å². The molecule has 0 bridgehead atoms. The Labute approximate surface area is 205 Å². The largest absolute Gasteiger partial charge is 0.491 e. The third kappa shape index (κ3) is 4.98. The van der Waals surface area contributed by atoms with E-state index >= 15 is 0 Å². The van der Waals surface area contributed by atoms with Crippen molar-refractivity contribution in [3.8, 4) is 16.9 Å². The zero-order valence-corrected chi connectivity index (χ0v) is 19.6. The van der Waals surface area contributed by atoms with Gasteiger partial charge in [-0.25, -0.2) is 22.4 Å². The predicted molar refractivity (Wildman–Crippen MR) is 125 cm³/mol. The van der Waals surface area contributed by atoms with Gasteiger partial charge in [0.25, 0.3) is 0 Å². The number of hydrogen-bond acceptors (Lipinski definition) is 3. The van der Waals surface area contributed by atoms with E-state index in [1.54, 1.807) is 13.0 Å². The lowest BCUT2D eigenvalue weighted by atomic mass is 9.91. The minimum Gasteiger partial charge on any atom is -0.491 e. The maximum absolute atomic E-state index is 14.7. The molecule has 1 unspecified atom stereocenters. The van der Waals surface area contributed by atoms with Crippen LogP contribution in [-0.4, -0.2) is 18.7 Å². The quantitative estimate of drug-likeness (QED) is 0.258. The van der Waals surface area contributed by atoms with E-state index < -0.39 is 41.2 Å². The molecule has 1 aliphatic rings. The highest BCUT2D eigenvalue weighted by Gasteiger charge is 2.24. The van der Waals surface area contributed by atoms with Crippen LogP contribution in [0.2, 0.25) is 0 Å². The van der Waals surface area contributed by atoms with E-state index in [4.69, 9.17) is 9.47 Å². The second kappa shape index (κ2) is 10.5. The molecule has 0 fully saturated rings. The van der Waals surface area contributed by atoms with Gasteiger partial charge in [-0.1, -0.05) is 24.3 Å². The average Bonchev–Trinajstić information content (AvgIpc) is 2.86. The van der Waals surface area contributed by atoms with Crippen LogP contribution in [0.5, 0.6) is 5.75 Å². The molecule has 0 saturated heterocycles. The summed E-state index contributed by atoms with van der Waals surface area (Å²) < 4.78 is 82.0. The van der Waals surface area contributed by atoms with Gasteiger partial charge in [0.1, 0.15) is 11.9 Å². The standard InChI is InChI=1S/C28H23F5O3/c1-3-35-23-13-12-20(26(32)27(23)33)17-7-11-21(22(29)14-17)28(34)36-18-8-5-16(6-9-18)19-10-4-15(2)24(30)25(19)31/h4-5,7,10-14,18H,3,6,8-9H2,1-2H3. The third-order valence-electron chi connectivity index (χ3n) is 6.10. The molecule has 0 aromatic heterocycles. The van der Waals surface area contributed by atoms with Crippen molar-refractivity contribution in [3.05, 3.63) is 94.3 Å². The Morgan fingerprint density at radius 2 is 1.64 bits per heavy atom. The summed E-state index contributed by atoms with van der Waals surface area (Å²) in [5, 5.41) is 0. The van der Waals surface area contributed by atoms with Gasteiger partial charge in [-0.3, -0.25) is 0 Å². The summed E-state index contributed by atoms with van der Waals surface area (Å²) in [6, 6.07) is 8.91. The number of aryl methyl sites for hydroxylation is 1. The normalized spacial score (nSPS) is 15.4. The van der Waals surface area contributed by atoms with Crippen LogP contribution < -0.4 is 4.74 Å². The minimum atomic E-state index is -1.19. The molecule has 1 atom stereocenters. The van der Waals surface area contributed by atoms with Crippen molar-refractivity contribution in [1.82, 2.24) is 0 Å². The molecule has 3 aromatic carbocycles. The molecule has 36 heavy (non-hydrogen) atoms. The average molecular weight is 502 g/mol. The first-order valence-electron chi connectivity index (χ1n) is 11.5. The van der Waals surface area contributed by atoms with Crippen LogP contribution in [0.25, 0.3) is 16.7 Å². The fraction of sp³-hybridized carbons (Fsp3) is 0.250. The summed E-state index contributed by atoms with van der Waals surface area (Å²) >= 11 is 0. The molecule has 0 spiro atoms. The second-order valence-electron chi connectivity index (χ2n) is 8.46. The molecule has 0 N–H and O–H groups in total. The number of rotatable bonds is 6. The maximum Gasteiger partial charge on any atom is 0.341 e. The maximum atomic E-state index is 14.7. The Morgan fingerprint density at radius 1 is 0.917 bits per heavy atom. The van der Waals surface area contributed by atoms with Gasteiger partial charge < -0.3 is 9.47 Å². The highest BCUT2D eigenvalue weighted by Crippen LogP contribution is 2.33. The van der Waals surface area contributed by atoms with Crippen LogP contribution in [0, 0.1) is 36.0 Å². The number of carbonyl (C=O) groups is 1. The first-order valence-corrected chi connectivity index (χ1v) is 11.5. The first kappa shape index (κ1) is 25.4. The van der Waals surface area contributed by atoms with Crippen molar-refractivity contribution in [1.29, 1.82) is 0 Å². The molecule has 1 aliphatic carbocycles. The highest BCUT2D eigenvalue weighted by atomic mass is 19.2. The predicted octanol–water partition coefficient (Wildman–Crippen LogP) is 7.55. The monoisotopic (exact) mass is 502 g/mol. The van der Waals surface area contributed by atoms with Crippen LogP contribution in [0.1, 0.15) is 47.7 Å². The first-order chi connectivity index (χ1) is 17.2. The minimum absolute atomic E-state index is 0.0427. The number of esters is 1. The van der Waals surface area contributed by atoms with Crippen LogP contribution >= 0.6 is 0 Å². The molecule has 0 aliphatic heterocycles. The molecule has 0 heterocycles. The van der Waals surface area contributed by atoms with Gasteiger partial charge in [0.2, 0.25) is 5.82 Å². The zero-order chi connectivity index (χ0) is 26.0. The molecule has 0 amide bonds. The number of hydrogen-bond donors (Lipinski definition) is 0. The van der Waals surface area contributed by atoms with Crippen molar-refractivity contribution < 1.29 is 36.2 Å². The zero-order valence-electron chi connectivity index (χ0n) is 19.6. The Bertz CT molecular complexity index is 1350. The van der Waals surface area contributed by atoms with E-state index in [9.17, 15) is 26.7 Å². The summed E-state index contributed by atoms with van der Waals surface area (Å²) in [4.78, 5) is 12.6. The van der Waals surface area contributed by atoms with E-state index in [2.05, 4.69) is 0 Å². The van der Waals surface area contributed by atoms with Crippen LogP contribution in [-0.2, 0) is 4.74 Å². The smallest absolute Gasteiger partial charge is 0.341 e.